The van der Waals surface area contributed by atoms with Crippen LogP contribution in [0.1, 0.15) is 10.4 Å². The van der Waals surface area contributed by atoms with Crippen molar-refractivity contribution in [3.63, 3.8) is 0 Å². The molecule has 5 nitrogen and oxygen atoms in total. The Labute approximate surface area is 154 Å². The van der Waals surface area contributed by atoms with Gasteiger partial charge in [-0.05, 0) is 18.2 Å². The molecule has 1 amide bonds. The molecule has 0 fully saturated rings. The average molecular weight is 389 g/mol. The van der Waals surface area contributed by atoms with E-state index in [0.717, 1.165) is 17.4 Å². The minimum absolute atomic E-state index is 0.0314. The summed E-state index contributed by atoms with van der Waals surface area (Å²) in [6, 6.07) is 11.7. The molecule has 27 heavy (non-hydrogen) atoms. The number of halogens is 3. The summed E-state index contributed by atoms with van der Waals surface area (Å²) >= 11 is 0.881. The molecule has 2 N–H and O–H groups in total. The lowest BCUT2D eigenvalue weighted by molar-refractivity contribution is -0.136. The number of carbonyl (C=O) groups is 1. The zero-order chi connectivity index (χ0) is 19.2. The smallest absolute Gasteiger partial charge is 0.418 e. The van der Waals surface area contributed by atoms with Gasteiger partial charge in [0.05, 0.1) is 22.2 Å². The van der Waals surface area contributed by atoms with Crippen molar-refractivity contribution in [2.75, 3.05) is 5.32 Å². The van der Waals surface area contributed by atoms with Crippen LogP contribution in [0.3, 0.4) is 0 Å². The van der Waals surface area contributed by atoms with Crippen molar-refractivity contribution in [3.8, 4) is 5.88 Å². The molecule has 0 saturated heterocycles. The molecule has 2 heterocycles. The number of nitrogens with zero attached hydrogens (tertiary/aromatic N) is 2. The first-order valence-electron chi connectivity index (χ1n) is 7.70. The molecule has 3 aromatic rings. The molecule has 9 heteroatoms. The number of hydrogen-bond acceptors (Lipinski definition) is 5. The van der Waals surface area contributed by atoms with Crippen LogP contribution in [0.5, 0.6) is 5.88 Å². The highest BCUT2D eigenvalue weighted by molar-refractivity contribution is 7.17. The van der Waals surface area contributed by atoms with E-state index in [2.05, 4.69) is 15.3 Å². The Bertz CT molecular complexity index is 1190. The number of carbonyl (C=O) groups excluding carboxylic acids is 1. The third-order valence-electron chi connectivity index (χ3n) is 3.92. The summed E-state index contributed by atoms with van der Waals surface area (Å²) in [5.41, 5.74) is -0.873. The van der Waals surface area contributed by atoms with Crippen molar-refractivity contribution < 1.29 is 23.1 Å². The van der Waals surface area contributed by atoms with Crippen LogP contribution in [-0.4, -0.2) is 16.0 Å². The molecule has 2 aromatic carbocycles. The molecule has 136 valence electrons. The van der Waals surface area contributed by atoms with Gasteiger partial charge in [0.1, 0.15) is 4.88 Å². The number of aromatic hydroxyl groups is 1. The minimum Gasteiger partial charge on any atom is -0.492 e. The van der Waals surface area contributed by atoms with E-state index in [-0.39, 0.29) is 21.3 Å². The minimum atomic E-state index is -4.54. The summed E-state index contributed by atoms with van der Waals surface area (Å²) in [7, 11) is 0. The Hall–Kier alpha value is -3.20. The predicted octanol–water partition coefficient (Wildman–Crippen LogP) is 2.97. The first-order chi connectivity index (χ1) is 12.8. The molecule has 0 unspecified atom stereocenters. The van der Waals surface area contributed by atoms with E-state index in [1.165, 1.54) is 18.2 Å². The zero-order valence-electron chi connectivity index (χ0n) is 13.4. The van der Waals surface area contributed by atoms with Crippen LogP contribution in [-0.2, 0) is 11.0 Å². The number of amides is 1. The maximum atomic E-state index is 13.1. The van der Waals surface area contributed by atoms with Crippen molar-refractivity contribution in [2.45, 2.75) is 6.18 Å². The molecule has 0 atom stereocenters. The summed E-state index contributed by atoms with van der Waals surface area (Å²) in [5.74, 6) is -0.973. The van der Waals surface area contributed by atoms with Crippen molar-refractivity contribution in [1.29, 1.82) is 0 Å². The van der Waals surface area contributed by atoms with Gasteiger partial charge >= 0.3 is 6.18 Å². The Kier molecular flexibility index (Phi) is 3.96. The second-order valence-electron chi connectivity index (χ2n) is 5.65. The van der Waals surface area contributed by atoms with Gasteiger partial charge in [-0.2, -0.15) is 18.2 Å². The van der Waals surface area contributed by atoms with Crippen LogP contribution >= 0.6 is 11.3 Å². The van der Waals surface area contributed by atoms with E-state index in [4.69, 9.17) is 0 Å². The number of hydrogen-bond donors (Lipinski definition) is 2. The van der Waals surface area contributed by atoms with Crippen LogP contribution in [0, 0.1) is 0 Å². The standard InChI is InChI=1S/C18H10F3N3O2S/c19-18(20,21)10-6-2-4-8-12(10)23-17-24-16(26)14(27-17)13-9-5-1-3-7-11(9)22-15(13)25/h1-8,26H,(H,23,24). The van der Waals surface area contributed by atoms with Crippen LogP contribution in [0.25, 0.3) is 5.57 Å². The Balaban J connectivity index is 1.77. The van der Waals surface area contributed by atoms with Crippen LogP contribution in [0.15, 0.2) is 53.5 Å². The molecular weight excluding hydrogens is 379 g/mol. The second kappa shape index (κ2) is 6.20. The largest absolute Gasteiger partial charge is 0.492 e. The molecule has 1 aliphatic heterocycles. The molecule has 0 aliphatic carbocycles. The number of para-hydroxylation sites is 2. The third-order valence-corrected chi connectivity index (χ3v) is 4.90. The molecule has 0 saturated carbocycles. The van der Waals surface area contributed by atoms with E-state index in [1.807, 2.05) is 0 Å². The number of anilines is 2. The highest BCUT2D eigenvalue weighted by Crippen LogP contribution is 2.39. The summed E-state index contributed by atoms with van der Waals surface area (Å²) in [4.78, 5) is 20.2. The quantitative estimate of drug-likeness (QED) is 0.722. The predicted molar refractivity (Wildman–Crippen MR) is 93.2 cm³/mol. The van der Waals surface area contributed by atoms with E-state index in [1.54, 1.807) is 24.3 Å². The zero-order valence-corrected chi connectivity index (χ0v) is 14.2. The second-order valence-corrected chi connectivity index (χ2v) is 6.65. The molecule has 4 rings (SSSR count). The maximum absolute atomic E-state index is 13.1. The highest BCUT2D eigenvalue weighted by Gasteiger charge is 2.33. The van der Waals surface area contributed by atoms with Gasteiger partial charge in [0.15, 0.2) is 5.13 Å². The van der Waals surface area contributed by atoms with Crippen molar-refractivity contribution in [3.05, 3.63) is 69.5 Å². The Morgan fingerprint density at radius 1 is 1.04 bits per heavy atom. The lowest BCUT2D eigenvalue weighted by Gasteiger charge is -2.12. The SMILES string of the molecule is O=C1N=c2ccccc2=C1c1sc(Nc2ccccc2C(F)(F)F)nc1O. The van der Waals surface area contributed by atoms with Gasteiger partial charge in [0, 0.05) is 5.22 Å². The van der Waals surface area contributed by atoms with Crippen LogP contribution in [0.2, 0.25) is 0 Å². The van der Waals surface area contributed by atoms with Gasteiger partial charge in [-0.15, -0.1) is 0 Å². The number of rotatable bonds is 3. The highest BCUT2D eigenvalue weighted by atomic mass is 32.1. The lowest BCUT2D eigenvalue weighted by atomic mass is 10.1. The normalized spacial score (nSPS) is 13.4. The van der Waals surface area contributed by atoms with Crippen molar-refractivity contribution in [2.24, 2.45) is 4.99 Å². The Morgan fingerprint density at radius 2 is 1.74 bits per heavy atom. The fourth-order valence-electron chi connectivity index (χ4n) is 2.77. The number of fused-ring (bicyclic) bond motifs is 1. The molecule has 1 aromatic heterocycles. The van der Waals surface area contributed by atoms with E-state index >= 15 is 0 Å². The maximum Gasteiger partial charge on any atom is 0.418 e. The number of nitrogens with one attached hydrogen (secondary N) is 1. The third kappa shape index (κ3) is 3.06. The first kappa shape index (κ1) is 17.2. The summed E-state index contributed by atoms with van der Waals surface area (Å²) < 4.78 is 39.4. The number of alkyl halides is 3. The molecular formula is C18H10F3N3O2S. The van der Waals surface area contributed by atoms with E-state index in [0.29, 0.717) is 10.6 Å². The topological polar surface area (TPSA) is 74.6 Å². The van der Waals surface area contributed by atoms with Gasteiger partial charge in [-0.1, -0.05) is 41.7 Å². The van der Waals surface area contributed by atoms with Gasteiger partial charge in [-0.25, -0.2) is 4.99 Å². The van der Waals surface area contributed by atoms with E-state index < -0.39 is 23.5 Å². The summed E-state index contributed by atoms with van der Waals surface area (Å²) in [6.07, 6.45) is -4.54. The van der Waals surface area contributed by atoms with E-state index in [9.17, 15) is 23.1 Å². The fourth-order valence-corrected chi connectivity index (χ4v) is 3.69. The van der Waals surface area contributed by atoms with Crippen LogP contribution < -0.4 is 15.9 Å². The average Bonchev–Trinajstić information content (AvgIpc) is 3.12. The molecule has 0 radical (unpaired) electrons. The van der Waals surface area contributed by atoms with Gasteiger partial charge < -0.3 is 10.4 Å². The summed E-state index contributed by atoms with van der Waals surface area (Å²) in [5, 5.41) is 13.8. The molecule has 0 bridgehead atoms. The van der Waals surface area contributed by atoms with Crippen molar-refractivity contribution >= 4 is 33.6 Å². The van der Waals surface area contributed by atoms with Gasteiger partial charge in [-0.3, -0.25) is 4.79 Å². The van der Waals surface area contributed by atoms with Crippen molar-refractivity contribution in [1.82, 2.24) is 4.98 Å². The molecule has 0 spiro atoms. The fraction of sp³-hybridized carbons (Fsp3) is 0.0556. The Morgan fingerprint density at radius 3 is 2.52 bits per heavy atom. The summed E-state index contributed by atoms with van der Waals surface area (Å²) in [6.45, 7) is 0. The monoisotopic (exact) mass is 389 g/mol. The van der Waals surface area contributed by atoms with Gasteiger partial charge in [0.2, 0.25) is 5.88 Å². The number of benzene rings is 2. The lowest BCUT2D eigenvalue weighted by Crippen LogP contribution is -2.22. The van der Waals surface area contributed by atoms with Crippen LogP contribution in [0.4, 0.5) is 24.0 Å². The number of thiazole rings is 1. The first-order valence-corrected chi connectivity index (χ1v) is 8.52. The van der Waals surface area contributed by atoms with Gasteiger partial charge in [0.25, 0.3) is 5.91 Å². The molecule has 1 aliphatic rings. The number of aromatic nitrogens is 1.